The summed E-state index contributed by atoms with van der Waals surface area (Å²) >= 11 is 5.55. The largest absolute Gasteiger partial charge is 0.492 e. The van der Waals surface area contributed by atoms with Crippen LogP contribution < -0.4 is 4.74 Å². The molecule has 2 nitrogen and oxygen atoms in total. The standard InChI is InChI=1S/C10H10BrIO2/c1-3-14-10-8(11)4-7(6(2)13)5-9(10)12/h4-5H,3H2,1-2H3. The number of hydrogen-bond acceptors (Lipinski definition) is 2. The third-order valence-corrected chi connectivity index (χ3v) is 3.08. The SMILES string of the molecule is CCOc1c(Br)cc(C(C)=O)cc1I. The third-order valence-electron chi connectivity index (χ3n) is 1.69. The van der Waals surface area contributed by atoms with Gasteiger partial charge in [0, 0.05) is 5.56 Å². The third kappa shape index (κ3) is 2.70. The molecule has 1 aromatic carbocycles. The van der Waals surface area contributed by atoms with Gasteiger partial charge in [0.1, 0.15) is 5.75 Å². The molecule has 1 aromatic rings. The molecule has 0 atom stereocenters. The molecule has 1 rings (SSSR count). The van der Waals surface area contributed by atoms with Crippen LogP contribution >= 0.6 is 38.5 Å². The Kier molecular flexibility index (Phi) is 4.37. The lowest BCUT2D eigenvalue weighted by molar-refractivity contribution is 0.101. The van der Waals surface area contributed by atoms with E-state index < -0.39 is 0 Å². The van der Waals surface area contributed by atoms with E-state index in [0.29, 0.717) is 12.2 Å². The summed E-state index contributed by atoms with van der Waals surface area (Å²) in [5.41, 5.74) is 0.699. The average molecular weight is 369 g/mol. The van der Waals surface area contributed by atoms with Gasteiger partial charge in [-0.2, -0.15) is 0 Å². The van der Waals surface area contributed by atoms with Crippen molar-refractivity contribution in [3.63, 3.8) is 0 Å². The first kappa shape index (κ1) is 12.0. The molecule has 0 amide bonds. The fraction of sp³-hybridized carbons (Fsp3) is 0.300. The predicted octanol–water partition coefficient (Wildman–Crippen LogP) is 3.66. The zero-order valence-electron chi connectivity index (χ0n) is 7.93. The van der Waals surface area contributed by atoms with E-state index in [1.165, 1.54) is 0 Å². The van der Waals surface area contributed by atoms with Crippen molar-refractivity contribution in [3.05, 3.63) is 25.7 Å². The van der Waals surface area contributed by atoms with E-state index in [4.69, 9.17) is 4.74 Å². The molecular weight excluding hydrogens is 359 g/mol. The molecule has 0 bridgehead atoms. The summed E-state index contributed by atoms with van der Waals surface area (Å²) < 4.78 is 7.21. The molecule has 0 spiro atoms. The minimum Gasteiger partial charge on any atom is -0.492 e. The van der Waals surface area contributed by atoms with Crippen LogP contribution in [-0.4, -0.2) is 12.4 Å². The molecule has 0 unspecified atom stereocenters. The number of Topliss-reactive ketones (excluding diaryl/α,β-unsaturated/α-hetero) is 1. The van der Waals surface area contributed by atoms with Crippen molar-refractivity contribution in [1.29, 1.82) is 0 Å². The van der Waals surface area contributed by atoms with Gasteiger partial charge in [0.25, 0.3) is 0 Å². The predicted molar refractivity (Wildman–Crippen MR) is 68.0 cm³/mol. The Balaban J connectivity index is 3.18. The molecule has 0 aliphatic heterocycles. The number of hydrogen-bond donors (Lipinski definition) is 0. The number of benzene rings is 1. The van der Waals surface area contributed by atoms with Gasteiger partial charge in [-0.05, 0) is 64.5 Å². The van der Waals surface area contributed by atoms with Crippen molar-refractivity contribution in [2.24, 2.45) is 0 Å². The lowest BCUT2D eigenvalue weighted by atomic mass is 10.1. The highest BCUT2D eigenvalue weighted by molar-refractivity contribution is 14.1. The van der Waals surface area contributed by atoms with Gasteiger partial charge in [-0.1, -0.05) is 0 Å². The minimum atomic E-state index is 0.0617. The Bertz CT molecular complexity index is 340. The van der Waals surface area contributed by atoms with Crippen LogP contribution in [0.25, 0.3) is 0 Å². The molecule has 0 radical (unpaired) electrons. The van der Waals surface area contributed by atoms with Gasteiger partial charge in [0.05, 0.1) is 14.6 Å². The van der Waals surface area contributed by atoms with Crippen molar-refractivity contribution < 1.29 is 9.53 Å². The van der Waals surface area contributed by atoms with E-state index in [-0.39, 0.29) is 5.78 Å². The van der Waals surface area contributed by atoms with Crippen molar-refractivity contribution >= 4 is 44.3 Å². The quantitative estimate of drug-likeness (QED) is 0.601. The van der Waals surface area contributed by atoms with Crippen molar-refractivity contribution in [1.82, 2.24) is 0 Å². The molecule has 4 heteroatoms. The molecule has 14 heavy (non-hydrogen) atoms. The average Bonchev–Trinajstić information content (AvgIpc) is 2.10. The van der Waals surface area contributed by atoms with Gasteiger partial charge >= 0.3 is 0 Å². The molecule has 0 fully saturated rings. The maximum Gasteiger partial charge on any atom is 0.159 e. The normalized spacial score (nSPS) is 10.0. The fourth-order valence-electron chi connectivity index (χ4n) is 1.05. The molecule has 0 heterocycles. The molecule has 0 N–H and O–H groups in total. The van der Waals surface area contributed by atoms with Crippen LogP contribution in [0, 0.1) is 3.57 Å². The second kappa shape index (κ2) is 5.11. The number of halogens is 2. The number of rotatable bonds is 3. The summed E-state index contributed by atoms with van der Waals surface area (Å²) in [5, 5.41) is 0. The van der Waals surface area contributed by atoms with Gasteiger partial charge in [-0.25, -0.2) is 0 Å². The van der Waals surface area contributed by atoms with Crippen LogP contribution in [-0.2, 0) is 0 Å². The van der Waals surface area contributed by atoms with Crippen LogP contribution in [0.5, 0.6) is 5.75 Å². The van der Waals surface area contributed by atoms with Gasteiger partial charge in [-0.3, -0.25) is 4.79 Å². The summed E-state index contributed by atoms with van der Waals surface area (Å²) in [5.74, 6) is 0.866. The molecule has 0 saturated heterocycles. The van der Waals surface area contributed by atoms with E-state index in [1.54, 1.807) is 13.0 Å². The van der Waals surface area contributed by atoms with Crippen molar-refractivity contribution in [2.45, 2.75) is 13.8 Å². The Hall–Kier alpha value is -0.100. The minimum absolute atomic E-state index is 0.0617. The monoisotopic (exact) mass is 368 g/mol. The van der Waals surface area contributed by atoms with E-state index in [2.05, 4.69) is 38.5 Å². The Labute approximate surface area is 105 Å². The van der Waals surface area contributed by atoms with Crippen LogP contribution in [0.3, 0.4) is 0 Å². The Morgan fingerprint density at radius 3 is 2.64 bits per heavy atom. The van der Waals surface area contributed by atoms with E-state index >= 15 is 0 Å². The molecule has 0 saturated carbocycles. The van der Waals surface area contributed by atoms with Gasteiger partial charge in [0.2, 0.25) is 0 Å². The van der Waals surface area contributed by atoms with Crippen molar-refractivity contribution in [3.8, 4) is 5.75 Å². The van der Waals surface area contributed by atoms with Crippen LogP contribution in [0.1, 0.15) is 24.2 Å². The number of ketones is 1. The highest BCUT2D eigenvalue weighted by Gasteiger charge is 2.10. The highest BCUT2D eigenvalue weighted by atomic mass is 127. The van der Waals surface area contributed by atoms with E-state index in [9.17, 15) is 4.79 Å². The van der Waals surface area contributed by atoms with Crippen LogP contribution in [0.15, 0.2) is 16.6 Å². The Morgan fingerprint density at radius 1 is 1.57 bits per heavy atom. The second-order valence-electron chi connectivity index (χ2n) is 2.76. The van der Waals surface area contributed by atoms with Gasteiger partial charge < -0.3 is 4.74 Å². The van der Waals surface area contributed by atoms with E-state index in [1.807, 2.05) is 13.0 Å². The number of carbonyl (C=O) groups is 1. The van der Waals surface area contributed by atoms with Crippen molar-refractivity contribution in [2.75, 3.05) is 6.61 Å². The molecule has 0 aromatic heterocycles. The lowest BCUT2D eigenvalue weighted by Crippen LogP contribution is -1.99. The maximum absolute atomic E-state index is 11.2. The zero-order chi connectivity index (χ0) is 10.7. The molecule has 0 aliphatic carbocycles. The summed E-state index contributed by atoms with van der Waals surface area (Å²) in [6.07, 6.45) is 0. The number of ether oxygens (including phenoxy) is 1. The number of carbonyl (C=O) groups excluding carboxylic acids is 1. The van der Waals surface area contributed by atoms with Gasteiger partial charge in [-0.15, -0.1) is 0 Å². The first-order chi connectivity index (χ1) is 6.56. The smallest absolute Gasteiger partial charge is 0.159 e. The highest BCUT2D eigenvalue weighted by Crippen LogP contribution is 2.32. The summed E-state index contributed by atoms with van der Waals surface area (Å²) in [6, 6.07) is 3.62. The zero-order valence-corrected chi connectivity index (χ0v) is 11.7. The first-order valence-electron chi connectivity index (χ1n) is 4.19. The summed E-state index contributed by atoms with van der Waals surface area (Å²) in [7, 11) is 0. The summed E-state index contributed by atoms with van der Waals surface area (Å²) in [4.78, 5) is 11.2. The lowest BCUT2D eigenvalue weighted by Gasteiger charge is -2.09. The summed E-state index contributed by atoms with van der Waals surface area (Å²) in [6.45, 7) is 4.10. The first-order valence-corrected chi connectivity index (χ1v) is 6.06. The van der Waals surface area contributed by atoms with E-state index in [0.717, 1.165) is 13.8 Å². The van der Waals surface area contributed by atoms with Crippen LogP contribution in [0.4, 0.5) is 0 Å². The molecule has 76 valence electrons. The molecular formula is C10H10BrIO2. The Morgan fingerprint density at radius 2 is 2.21 bits per heavy atom. The molecule has 0 aliphatic rings. The maximum atomic E-state index is 11.2. The second-order valence-corrected chi connectivity index (χ2v) is 4.77. The topological polar surface area (TPSA) is 26.3 Å². The fourth-order valence-corrected chi connectivity index (χ4v) is 2.77. The van der Waals surface area contributed by atoms with Crippen LogP contribution in [0.2, 0.25) is 0 Å². The van der Waals surface area contributed by atoms with Gasteiger partial charge in [0.15, 0.2) is 5.78 Å².